The van der Waals surface area contributed by atoms with Crippen LogP contribution in [-0.4, -0.2) is 37.2 Å². The van der Waals surface area contributed by atoms with E-state index < -0.39 is 0 Å². The number of rotatable bonds is 5. The lowest BCUT2D eigenvalue weighted by Crippen LogP contribution is -2.37. The van der Waals surface area contributed by atoms with E-state index in [0.29, 0.717) is 6.54 Å². The standard InChI is InChI=1S/C19H21N3O2/c23-19(9-8-17-6-3-4-10-20-17)21-15-16-5-1-2-7-18(16)22-11-13-24-14-12-22/h1-10H,11-15H2,(H,21,23)/b9-8-. The molecule has 0 saturated carbocycles. The van der Waals surface area contributed by atoms with Crippen molar-refractivity contribution in [2.45, 2.75) is 6.54 Å². The normalized spacial score (nSPS) is 14.8. The number of hydrogen-bond acceptors (Lipinski definition) is 4. The Balaban J connectivity index is 1.60. The van der Waals surface area contributed by atoms with Gasteiger partial charge in [-0.05, 0) is 29.8 Å². The maximum absolute atomic E-state index is 12.0. The first-order chi connectivity index (χ1) is 11.8. The minimum absolute atomic E-state index is 0.127. The van der Waals surface area contributed by atoms with Crippen molar-refractivity contribution in [3.05, 3.63) is 66.0 Å². The van der Waals surface area contributed by atoms with Crippen molar-refractivity contribution in [2.24, 2.45) is 0 Å². The first kappa shape index (κ1) is 16.2. The average molecular weight is 323 g/mol. The third-order valence-electron chi connectivity index (χ3n) is 3.89. The molecule has 1 fully saturated rings. The molecule has 2 aromatic rings. The molecule has 5 nitrogen and oxygen atoms in total. The summed E-state index contributed by atoms with van der Waals surface area (Å²) in [4.78, 5) is 18.5. The highest BCUT2D eigenvalue weighted by molar-refractivity contribution is 5.91. The van der Waals surface area contributed by atoms with Gasteiger partial charge in [0.2, 0.25) is 5.91 Å². The van der Waals surface area contributed by atoms with Crippen molar-refractivity contribution in [3.8, 4) is 0 Å². The van der Waals surface area contributed by atoms with Gasteiger partial charge in [-0.2, -0.15) is 0 Å². The zero-order valence-electron chi connectivity index (χ0n) is 13.5. The molecule has 1 aromatic heterocycles. The molecule has 1 aromatic carbocycles. The van der Waals surface area contributed by atoms with Crippen LogP contribution >= 0.6 is 0 Å². The quantitative estimate of drug-likeness (QED) is 0.858. The van der Waals surface area contributed by atoms with Gasteiger partial charge in [-0.15, -0.1) is 0 Å². The van der Waals surface area contributed by atoms with E-state index in [1.165, 1.54) is 6.08 Å². The van der Waals surface area contributed by atoms with Gasteiger partial charge in [0.05, 0.1) is 18.9 Å². The number of pyridine rings is 1. The number of nitrogens with one attached hydrogen (secondary N) is 1. The highest BCUT2D eigenvalue weighted by Crippen LogP contribution is 2.21. The van der Waals surface area contributed by atoms with Crippen LogP contribution in [0.15, 0.2) is 54.7 Å². The molecule has 1 amide bonds. The molecule has 0 atom stereocenters. The molecule has 0 spiro atoms. The molecule has 1 saturated heterocycles. The van der Waals surface area contributed by atoms with Crippen LogP contribution in [0, 0.1) is 0 Å². The fourth-order valence-corrected chi connectivity index (χ4v) is 2.65. The van der Waals surface area contributed by atoms with Crippen LogP contribution in [0.25, 0.3) is 6.08 Å². The Morgan fingerprint density at radius 2 is 1.96 bits per heavy atom. The highest BCUT2D eigenvalue weighted by Gasteiger charge is 2.14. The molecule has 0 aliphatic carbocycles. The Morgan fingerprint density at radius 3 is 2.75 bits per heavy atom. The summed E-state index contributed by atoms with van der Waals surface area (Å²) in [6.45, 7) is 3.75. The molecule has 1 N–H and O–H groups in total. The molecule has 0 bridgehead atoms. The summed E-state index contributed by atoms with van der Waals surface area (Å²) in [6.07, 6.45) is 4.93. The van der Waals surface area contributed by atoms with Crippen molar-refractivity contribution < 1.29 is 9.53 Å². The van der Waals surface area contributed by atoms with Crippen molar-refractivity contribution in [1.29, 1.82) is 0 Å². The summed E-state index contributed by atoms with van der Waals surface area (Å²) in [5.41, 5.74) is 3.04. The summed E-state index contributed by atoms with van der Waals surface area (Å²) >= 11 is 0. The molecule has 24 heavy (non-hydrogen) atoms. The molecule has 1 aliphatic heterocycles. The van der Waals surface area contributed by atoms with Gasteiger partial charge < -0.3 is 15.0 Å². The van der Waals surface area contributed by atoms with Gasteiger partial charge >= 0.3 is 0 Å². The minimum Gasteiger partial charge on any atom is -0.378 e. The van der Waals surface area contributed by atoms with Gasteiger partial charge in [0.25, 0.3) is 0 Å². The van der Waals surface area contributed by atoms with Gasteiger partial charge in [-0.3, -0.25) is 9.78 Å². The summed E-state index contributed by atoms with van der Waals surface area (Å²) in [5.74, 6) is -0.127. The van der Waals surface area contributed by atoms with Gasteiger partial charge in [0.15, 0.2) is 0 Å². The summed E-state index contributed by atoms with van der Waals surface area (Å²) in [6, 6.07) is 13.8. The highest BCUT2D eigenvalue weighted by atomic mass is 16.5. The molecule has 3 rings (SSSR count). The number of benzene rings is 1. The van der Waals surface area contributed by atoms with Crippen LogP contribution in [0.1, 0.15) is 11.3 Å². The molecular formula is C19H21N3O2. The molecule has 124 valence electrons. The number of amides is 1. The fourth-order valence-electron chi connectivity index (χ4n) is 2.65. The Labute approximate surface area is 142 Å². The number of carbonyl (C=O) groups excluding carboxylic acids is 1. The number of hydrogen-bond donors (Lipinski definition) is 1. The lowest BCUT2D eigenvalue weighted by atomic mass is 10.1. The maximum atomic E-state index is 12.0. The Morgan fingerprint density at radius 1 is 1.17 bits per heavy atom. The third-order valence-corrected chi connectivity index (χ3v) is 3.89. The third kappa shape index (κ3) is 4.43. The van der Waals surface area contributed by atoms with Gasteiger partial charge in [0.1, 0.15) is 0 Å². The minimum atomic E-state index is -0.127. The number of nitrogens with zero attached hydrogens (tertiary/aromatic N) is 2. The number of anilines is 1. The number of ether oxygens (including phenoxy) is 1. The van der Waals surface area contributed by atoms with Gasteiger partial charge in [-0.25, -0.2) is 0 Å². The van der Waals surface area contributed by atoms with Crippen molar-refractivity contribution in [3.63, 3.8) is 0 Å². The summed E-state index contributed by atoms with van der Waals surface area (Å²) in [5, 5.41) is 2.94. The fraction of sp³-hybridized carbons (Fsp3) is 0.263. The maximum Gasteiger partial charge on any atom is 0.244 e. The second-order valence-electron chi connectivity index (χ2n) is 5.53. The predicted molar refractivity (Wildman–Crippen MR) is 94.6 cm³/mol. The molecule has 1 aliphatic rings. The second-order valence-corrected chi connectivity index (χ2v) is 5.53. The number of carbonyl (C=O) groups is 1. The van der Waals surface area contributed by atoms with Gasteiger partial charge in [0, 0.05) is 37.6 Å². The van der Waals surface area contributed by atoms with Crippen molar-refractivity contribution in [1.82, 2.24) is 10.3 Å². The molecule has 5 heteroatoms. The Kier molecular flexibility index (Phi) is 5.58. The lowest BCUT2D eigenvalue weighted by molar-refractivity contribution is -0.116. The monoisotopic (exact) mass is 323 g/mol. The molecule has 2 heterocycles. The predicted octanol–water partition coefficient (Wildman–Crippen LogP) is 2.25. The van der Waals surface area contributed by atoms with Crippen LogP contribution in [0.4, 0.5) is 5.69 Å². The Hall–Kier alpha value is -2.66. The lowest BCUT2D eigenvalue weighted by Gasteiger charge is -2.30. The van der Waals surface area contributed by atoms with Crippen LogP contribution in [0.2, 0.25) is 0 Å². The van der Waals surface area contributed by atoms with E-state index in [1.807, 2.05) is 36.4 Å². The average Bonchev–Trinajstić information content (AvgIpc) is 2.66. The van der Waals surface area contributed by atoms with E-state index in [2.05, 4.69) is 21.3 Å². The number of aromatic nitrogens is 1. The zero-order chi connectivity index (χ0) is 16.6. The van der Waals surface area contributed by atoms with Crippen LogP contribution in [0.3, 0.4) is 0 Å². The molecule has 0 unspecified atom stereocenters. The molecular weight excluding hydrogens is 302 g/mol. The van der Waals surface area contributed by atoms with Crippen molar-refractivity contribution in [2.75, 3.05) is 31.2 Å². The summed E-state index contributed by atoms with van der Waals surface area (Å²) in [7, 11) is 0. The van der Waals surface area contributed by atoms with Crippen LogP contribution < -0.4 is 10.2 Å². The topological polar surface area (TPSA) is 54.5 Å². The van der Waals surface area contributed by atoms with E-state index in [4.69, 9.17) is 4.74 Å². The van der Waals surface area contributed by atoms with E-state index in [9.17, 15) is 4.79 Å². The SMILES string of the molecule is O=C(/C=C\c1ccccn1)NCc1ccccc1N1CCOCC1. The zero-order valence-corrected chi connectivity index (χ0v) is 13.5. The first-order valence-electron chi connectivity index (χ1n) is 8.10. The van der Waals surface area contributed by atoms with Gasteiger partial charge in [-0.1, -0.05) is 24.3 Å². The Bertz CT molecular complexity index is 695. The largest absolute Gasteiger partial charge is 0.378 e. The summed E-state index contributed by atoms with van der Waals surface area (Å²) < 4.78 is 5.41. The van der Waals surface area contributed by atoms with E-state index in [0.717, 1.165) is 43.2 Å². The second kappa shape index (κ2) is 8.26. The van der Waals surface area contributed by atoms with Crippen LogP contribution in [-0.2, 0) is 16.1 Å². The van der Waals surface area contributed by atoms with Crippen LogP contribution in [0.5, 0.6) is 0 Å². The smallest absolute Gasteiger partial charge is 0.244 e. The number of para-hydroxylation sites is 1. The van der Waals surface area contributed by atoms with E-state index >= 15 is 0 Å². The van der Waals surface area contributed by atoms with Crippen molar-refractivity contribution >= 4 is 17.7 Å². The van der Waals surface area contributed by atoms with E-state index in [1.54, 1.807) is 12.3 Å². The number of morpholine rings is 1. The van der Waals surface area contributed by atoms with E-state index in [-0.39, 0.29) is 5.91 Å². The molecule has 0 radical (unpaired) electrons. The first-order valence-corrected chi connectivity index (χ1v) is 8.10.